The summed E-state index contributed by atoms with van der Waals surface area (Å²) in [6.07, 6.45) is 0.814. The molecule has 0 radical (unpaired) electrons. The monoisotopic (exact) mass is 319 g/mol. The van der Waals surface area contributed by atoms with Crippen molar-refractivity contribution in [3.63, 3.8) is 0 Å². The summed E-state index contributed by atoms with van der Waals surface area (Å²) < 4.78 is 11.0. The molecule has 3 nitrogen and oxygen atoms in total. The molecule has 118 valence electrons. The molecule has 2 aromatic carbocycles. The molecule has 22 heavy (non-hydrogen) atoms. The van der Waals surface area contributed by atoms with Gasteiger partial charge in [-0.05, 0) is 55.8 Å². The van der Waals surface area contributed by atoms with E-state index in [0.29, 0.717) is 18.2 Å². The highest BCUT2D eigenvalue weighted by Crippen LogP contribution is 2.31. The van der Waals surface area contributed by atoms with Crippen molar-refractivity contribution < 1.29 is 9.47 Å². The Balaban J connectivity index is 2.25. The van der Waals surface area contributed by atoms with Crippen LogP contribution in [0.2, 0.25) is 5.02 Å². The summed E-state index contributed by atoms with van der Waals surface area (Å²) in [6, 6.07) is 13.8. The topological polar surface area (TPSA) is 44.5 Å². The number of nitrogens with two attached hydrogens (primary N) is 1. The maximum absolute atomic E-state index is 6.13. The lowest BCUT2D eigenvalue weighted by atomic mass is 9.91. The van der Waals surface area contributed by atoms with E-state index < -0.39 is 0 Å². The number of rotatable bonds is 7. The molecular formula is C18H22ClNO2. The van der Waals surface area contributed by atoms with Crippen molar-refractivity contribution in [1.29, 1.82) is 0 Å². The van der Waals surface area contributed by atoms with Crippen LogP contribution in [0.4, 0.5) is 0 Å². The smallest absolute Gasteiger partial charge is 0.122 e. The molecule has 0 aliphatic rings. The molecule has 2 aromatic rings. The maximum atomic E-state index is 6.13. The van der Waals surface area contributed by atoms with Gasteiger partial charge >= 0.3 is 0 Å². The number of hydrogen-bond donors (Lipinski definition) is 1. The lowest BCUT2D eigenvalue weighted by molar-refractivity contribution is 0.340. The van der Waals surface area contributed by atoms with Gasteiger partial charge in [-0.2, -0.15) is 0 Å². The Hall–Kier alpha value is -1.71. The van der Waals surface area contributed by atoms with Crippen molar-refractivity contribution in [2.45, 2.75) is 19.3 Å². The second kappa shape index (κ2) is 8.06. The number of methoxy groups -OCH3 is 1. The number of halogens is 1. The van der Waals surface area contributed by atoms with E-state index in [0.717, 1.165) is 23.5 Å². The Morgan fingerprint density at radius 3 is 2.68 bits per heavy atom. The zero-order chi connectivity index (χ0) is 15.9. The fourth-order valence-electron chi connectivity index (χ4n) is 2.56. The molecule has 0 saturated carbocycles. The zero-order valence-electron chi connectivity index (χ0n) is 13.0. The van der Waals surface area contributed by atoms with Crippen molar-refractivity contribution in [3.8, 4) is 11.5 Å². The quantitative estimate of drug-likeness (QED) is 0.838. The first-order valence-electron chi connectivity index (χ1n) is 7.43. The number of hydrogen-bond acceptors (Lipinski definition) is 3. The van der Waals surface area contributed by atoms with Gasteiger partial charge in [0.1, 0.15) is 11.5 Å². The third-order valence-corrected chi connectivity index (χ3v) is 3.84. The summed E-state index contributed by atoms with van der Waals surface area (Å²) in [5, 5.41) is 0.692. The molecule has 0 saturated heterocycles. The van der Waals surface area contributed by atoms with E-state index in [1.807, 2.05) is 37.3 Å². The molecule has 1 unspecified atom stereocenters. The predicted octanol–water partition coefficient (Wildman–Crippen LogP) is 4.03. The van der Waals surface area contributed by atoms with Crippen LogP contribution in [0.5, 0.6) is 11.5 Å². The molecule has 0 aliphatic heterocycles. The minimum absolute atomic E-state index is 0.144. The van der Waals surface area contributed by atoms with Crippen LogP contribution in [0, 0.1) is 0 Å². The van der Waals surface area contributed by atoms with E-state index in [1.165, 1.54) is 5.56 Å². The van der Waals surface area contributed by atoms with E-state index in [2.05, 4.69) is 12.1 Å². The summed E-state index contributed by atoms with van der Waals surface area (Å²) in [5.41, 5.74) is 8.22. The van der Waals surface area contributed by atoms with E-state index in [9.17, 15) is 0 Å². The average Bonchev–Trinajstić information content (AvgIpc) is 2.53. The van der Waals surface area contributed by atoms with Gasteiger partial charge in [0.2, 0.25) is 0 Å². The van der Waals surface area contributed by atoms with Gasteiger partial charge in [-0.1, -0.05) is 23.7 Å². The minimum atomic E-state index is 0.144. The van der Waals surface area contributed by atoms with Gasteiger partial charge in [-0.15, -0.1) is 0 Å². The Kier molecular flexibility index (Phi) is 6.10. The van der Waals surface area contributed by atoms with Crippen LogP contribution in [0.1, 0.15) is 24.0 Å². The van der Waals surface area contributed by atoms with Crippen molar-refractivity contribution >= 4 is 11.6 Å². The molecule has 0 heterocycles. The van der Waals surface area contributed by atoms with Gasteiger partial charge in [0.05, 0.1) is 13.7 Å². The second-order valence-corrected chi connectivity index (χ2v) is 5.54. The lowest BCUT2D eigenvalue weighted by Gasteiger charge is -2.19. The predicted molar refractivity (Wildman–Crippen MR) is 91.1 cm³/mol. The van der Waals surface area contributed by atoms with Crippen LogP contribution in [-0.4, -0.2) is 20.3 Å². The summed E-state index contributed by atoms with van der Waals surface area (Å²) in [7, 11) is 1.66. The Morgan fingerprint density at radius 1 is 1.18 bits per heavy atom. The number of benzene rings is 2. The summed E-state index contributed by atoms with van der Waals surface area (Å²) in [5.74, 6) is 1.85. The number of ether oxygens (including phenoxy) is 2. The molecule has 0 bridgehead atoms. The molecule has 0 spiro atoms. The Bertz CT molecular complexity index is 616. The van der Waals surface area contributed by atoms with Crippen molar-refractivity contribution in [2.24, 2.45) is 5.73 Å². The molecule has 0 aliphatic carbocycles. The molecule has 0 fully saturated rings. The van der Waals surface area contributed by atoms with Crippen molar-refractivity contribution in [1.82, 2.24) is 0 Å². The van der Waals surface area contributed by atoms with E-state index in [-0.39, 0.29) is 5.92 Å². The third kappa shape index (κ3) is 4.15. The fraction of sp³-hybridized carbons (Fsp3) is 0.333. The van der Waals surface area contributed by atoms with Crippen LogP contribution in [-0.2, 0) is 6.42 Å². The standard InChI is InChI=1S/C18H22ClNO2/c1-3-22-16-6-4-5-13(10-16)9-14(12-20)17-11-15(19)7-8-18(17)21-2/h4-8,10-11,14H,3,9,12,20H2,1-2H3. The third-order valence-electron chi connectivity index (χ3n) is 3.61. The molecule has 0 amide bonds. The van der Waals surface area contributed by atoms with Crippen LogP contribution in [0.15, 0.2) is 42.5 Å². The van der Waals surface area contributed by atoms with Gasteiger partial charge in [-0.3, -0.25) is 0 Å². The van der Waals surface area contributed by atoms with Crippen molar-refractivity contribution in [3.05, 3.63) is 58.6 Å². The van der Waals surface area contributed by atoms with Crippen LogP contribution < -0.4 is 15.2 Å². The second-order valence-electron chi connectivity index (χ2n) is 5.10. The molecule has 1 atom stereocenters. The maximum Gasteiger partial charge on any atom is 0.122 e. The Labute approximate surface area is 137 Å². The van der Waals surface area contributed by atoms with Crippen LogP contribution >= 0.6 is 11.6 Å². The largest absolute Gasteiger partial charge is 0.496 e. The van der Waals surface area contributed by atoms with Gasteiger partial charge in [0.15, 0.2) is 0 Å². The highest BCUT2D eigenvalue weighted by Gasteiger charge is 2.16. The molecule has 2 rings (SSSR count). The highest BCUT2D eigenvalue weighted by atomic mass is 35.5. The summed E-state index contributed by atoms with van der Waals surface area (Å²) in [6.45, 7) is 3.16. The van der Waals surface area contributed by atoms with Gasteiger partial charge in [0, 0.05) is 16.5 Å². The first kappa shape index (κ1) is 16.7. The Morgan fingerprint density at radius 2 is 2.00 bits per heavy atom. The molecule has 4 heteroatoms. The average molecular weight is 320 g/mol. The summed E-state index contributed by atoms with van der Waals surface area (Å²) in [4.78, 5) is 0. The molecule has 0 aromatic heterocycles. The van der Waals surface area contributed by atoms with Gasteiger partial charge in [0.25, 0.3) is 0 Å². The van der Waals surface area contributed by atoms with Crippen molar-refractivity contribution in [2.75, 3.05) is 20.3 Å². The van der Waals surface area contributed by atoms with E-state index >= 15 is 0 Å². The van der Waals surface area contributed by atoms with E-state index in [4.69, 9.17) is 26.8 Å². The highest BCUT2D eigenvalue weighted by molar-refractivity contribution is 6.30. The first-order chi connectivity index (χ1) is 10.7. The minimum Gasteiger partial charge on any atom is -0.496 e. The molecular weight excluding hydrogens is 298 g/mol. The van der Waals surface area contributed by atoms with E-state index in [1.54, 1.807) is 7.11 Å². The lowest BCUT2D eigenvalue weighted by Crippen LogP contribution is -2.16. The zero-order valence-corrected chi connectivity index (χ0v) is 13.8. The van der Waals surface area contributed by atoms with Gasteiger partial charge in [-0.25, -0.2) is 0 Å². The van der Waals surface area contributed by atoms with Crippen LogP contribution in [0.3, 0.4) is 0 Å². The molecule has 2 N–H and O–H groups in total. The normalized spacial score (nSPS) is 12.0. The SMILES string of the molecule is CCOc1cccc(CC(CN)c2cc(Cl)ccc2OC)c1. The van der Waals surface area contributed by atoms with Gasteiger partial charge < -0.3 is 15.2 Å². The van der Waals surface area contributed by atoms with Crippen LogP contribution in [0.25, 0.3) is 0 Å². The fourth-order valence-corrected chi connectivity index (χ4v) is 2.74. The summed E-state index contributed by atoms with van der Waals surface area (Å²) >= 11 is 6.13. The first-order valence-corrected chi connectivity index (χ1v) is 7.81.